The number of benzene rings is 9. The molecule has 4 nitrogen and oxygen atoms in total. The van der Waals surface area contributed by atoms with E-state index in [2.05, 4.69) is 225 Å². The van der Waals surface area contributed by atoms with Crippen LogP contribution in [-0.4, -0.2) is 15.0 Å². The number of hydrogen-bond donors (Lipinski definition) is 0. The maximum absolute atomic E-state index is 5.11. The molecule has 1 aromatic heterocycles. The first-order valence-electron chi connectivity index (χ1n) is 21.9. The first kappa shape index (κ1) is 37.5. The number of aromatic nitrogens is 3. The molecule has 0 bridgehead atoms. The van der Waals surface area contributed by atoms with Gasteiger partial charge in [-0.1, -0.05) is 196 Å². The van der Waals surface area contributed by atoms with Crippen LogP contribution in [0.3, 0.4) is 0 Å². The molecular formula is C60H42N4. The van der Waals surface area contributed by atoms with Crippen molar-refractivity contribution in [3.63, 3.8) is 0 Å². The molecule has 2 aliphatic rings. The lowest BCUT2D eigenvalue weighted by Gasteiger charge is -2.33. The van der Waals surface area contributed by atoms with Crippen LogP contribution in [-0.2, 0) is 5.41 Å². The normalized spacial score (nSPS) is 13.2. The molecule has 4 heteroatoms. The number of para-hydroxylation sites is 1. The highest BCUT2D eigenvalue weighted by molar-refractivity contribution is 6.11. The van der Waals surface area contributed by atoms with Gasteiger partial charge in [0.25, 0.3) is 0 Å². The molecule has 302 valence electrons. The van der Waals surface area contributed by atoms with Crippen molar-refractivity contribution >= 4 is 28.2 Å². The van der Waals surface area contributed by atoms with Crippen molar-refractivity contribution in [1.82, 2.24) is 15.0 Å². The molecule has 9 aromatic carbocycles. The number of anilines is 2. The molecule has 2 heterocycles. The standard InChI is InChI=1S/C60H42N4/c1-60(2)53-38-48(33-34-51(53)52-37-49-18-12-17-44-35-36-64(50-19-10-5-11-20-50)56(54(44)49)55(52)60)43-25-31-47(32-26-43)59-62-57(45-27-21-41(22-28-45)39-13-6-3-7-14-39)61-58(63-59)46-29-23-42(24-30-46)40-15-8-4-9-16-40/h3-38H,1-2H3. The number of rotatable bonds is 7. The summed E-state index contributed by atoms with van der Waals surface area (Å²) in [6.45, 7) is 4.77. The lowest BCUT2D eigenvalue weighted by atomic mass is 9.79. The van der Waals surface area contributed by atoms with Crippen LogP contribution in [0.4, 0.5) is 11.4 Å². The minimum absolute atomic E-state index is 0.244. The zero-order valence-electron chi connectivity index (χ0n) is 35.6. The van der Waals surface area contributed by atoms with Crippen LogP contribution in [0.5, 0.6) is 0 Å². The predicted molar refractivity (Wildman–Crippen MR) is 265 cm³/mol. The Morgan fingerprint density at radius 3 is 1.38 bits per heavy atom. The van der Waals surface area contributed by atoms with Crippen molar-refractivity contribution in [2.24, 2.45) is 0 Å². The van der Waals surface area contributed by atoms with Gasteiger partial charge in [0.05, 0.1) is 5.69 Å². The Morgan fingerprint density at radius 2 is 0.844 bits per heavy atom. The molecular weight excluding hydrogens is 777 g/mol. The van der Waals surface area contributed by atoms with E-state index in [4.69, 9.17) is 15.0 Å². The predicted octanol–water partition coefficient (Wildman–Crippen LogP) is 15.5. The number of nitrogens with zero attached hydrogens (tertiary/aromatic N) is 4. The van der Waals surface area contributed by atoms with Crippen molar-refractivity contribution in [2.45, 2.75) is 19.3 Å². The average Bonchev–Trinajstić information content (AvgIpc) is 3.59. The zero-order valence-corrected chi connectivity index (χ0v) is 35.6. The summed E-state index contributed by atoms with van der Waals surface area (Å²) in [5, 5.41) is 2.57. The van der Waals surface area contributed by atoms with E-state index in [1.165, 1.54) is 61.0 Å². The van der Waals surface area contributed by atoms with E-state index in [0.29, 0.717) is 17.5 Å². The van der Waals surface area contributed by atoms with Gasteiger partial charge in [0.1, 0.15) is 0 Å². The van der Waals surface area contributed by atoms with Gasteiger partial charge in [-0.2, -0.15) is 0 Å². The minimum atomic E-state index is -0.244. The topological polar surface area (TPSA) is 41.9 Å². The average molecular weight is 819 g/mol. The van der Waals surface area contributed by atoms with Gasteiger partial charge in [-0.15, -0.1) is 0 Å². The lowest BCUT2D eigenvalue weighted by Crippen LogP contribution is -2.22. The van der Waals surface area contributed by atoms with Crippen LogP contribution in [0.25, 0.3) is 95.5 Å². The van der Waals surface area contributed by atoms with E-state index in [1.54, 1.807) is 0 Å². The van der Waals surface area contributed by atoms with E-state index in [1.807, 2.05) is 12.1 Å². The molecule has 0 atom stereocenters. The minimum Gasteiger partial charge on any atom is -0.316 e. The Kier molecular flexibility index (Phi) is 8.80. The van der Waals surface area contributed by atoms with Crippen molar-refractivity contribution in [3.8, 4) is 78.7 Å². The van der Waals surface area contributed by atoms with E-state index in [-0.39, 0.29) is 5.41 Å². The molecule has 12 rings (SSSR count). The summed E-state index contributed by atoms with van der Waals surface area (Å²) in [5.41, 5.74) is 18.5. The van der Waals surface area contributed by atoms with Crippen LogP contribution in [0.15, 0.2) is 212 Å². The third-order valence-corrected chi connectivity index (χ3v) is 13.1. The Morgan fingerprint density at radius 1 is 0.391 bits per heavy atom. The number of hydrogen-bond acceptors (Lipinski definition) is 4. The fourth-order valence-corrected chi connectivity index (χ4v) is 9.79. The number of fused-ring (bicyclic) bond motifs is 4. The molecule has 0 spiro atoms. The molecule has 0 fully saturated rings. The summed E-state index contributed by atoms with van der Waals surface area (Å²) < 4.78 is 0. The molecule has 10 aromatic rings. The molecule has 0 unspecified atom stereocenters. The van der Waals surface area contributed by atoms with Crippen molar-refractivity contribution in [3.05, 3.63) is 229 Å². The van der Waals surface area contributed by atoms with Crippen LogP contribution >= 0.6 is 0 Å². The van der Waals surface area contributed by atoms with Gasteiger partial charge in [0.15, 0.2) is 17.5 Å². The van der Waals surface area contributed by atoms with E-state index >= 15 is 0 Å². The second kappa shape index (κ2) is 15.0. The molecule has 0 saturated carbocycles. The van der Waals surface area contributed by atoms with E-state index in [0.717, 1.165) is 39.1 Å². The van der Waals surface area contributed by atoms with E-state index in [9.17, 15) is 0 Å². The highest BCUT2D eigenvalue weighted by Crippen LogP contribution is 2.57. The summed E-state index contributed by atoms with van der Waals surface area (Å²) >= 11 is 0. The summed E-state index contributed by atoms with van der Waals surface area (Å²) in [6.07, 6.45) is 4.48. The molecule has 0 amide bonds. The van der Waals surface area contributed by atoms with Gasteiger partial charge in [-0.05, 0) is 96.9 Å². The first-order chi connectivity index (χ1) is 31.5. The second-order valence-electron chi connectivity index (χ2n) is 17.3. The van der Waals surface area contributed by atoms with Gasteiger partial charge < -0.3 is 4.90 Å². The molecule has 0 radical (unpaired) electrons. The lowest BCUT2D eigenvalue weighted by molar-refractivity contribution is 0.661. The monoisotopic (exact) mass is 818 g/mol. The Hall–Kier alpha value is -8.21. The van der Waals surface area contributed by atoms with Crippen LogP contribution < -0.4 is 4.90 Å². The summed E-state index contributed by atoms with van der Waals surface area (Å²) in [5.74, 6) is 1.90. The molecule has 64 heavy (non-hydrogen) atoms. The van der Waals surface area contributed by atoms with Gasteiger partial charge in [-0.3, -0.25) is 0 Å². The SMILES string of the molecule is CC1(C)c2cc(-c3ccc(-c4nc(-c5ccc(-c6ccccc6)cc5)nc(-c5ccc(-c6ccccc6)cc5)n4)cc3)ccc2-c2cc3cccc4c3c(c21)N(c1ccccc1)C=C4. The smallest absolute Gasteiger partial charge is 0.164 e. The third kappa shape index (κ3) is 6.34. The van der Waals surface area contributed by atoms with Gasteiger partial charge in [-0.25, -0.2) is 15.0 Å². The van der Waals surface area contributed by atoms with Gasteiger partial charge in [0.2, 0.25) is 0 Å². The molecule has 1 aliphatic carbocycles. The maximum Gasteiger partial charge on any atom is 0.164 e. The summed E-state index contributed by atoms with van der Waals surface area (Å²) in [7, 11) is 0. The fraction of sp³-hybridized carbons (Fsp3) is 0.0500. The molecule has 0 N–H and O–H groups in total. The zero-order chi connectivity index (χ0) is 42.8. The maximum atomic E-state index is 5.11. The summed E-state index contributed by atoms with van der Waals surface area (Å²) in [4.78, 5) is 17.7. The second-order valence-corrected chi connectivity index (χ2v) is 17.3. The molecule has 0 saturated heterocycles. The van der Waals surface area contributed by atoms with Gasteiger partial charge >= 0.3 is 0 Å². The van der Waals surface area contributed by atoms with Gasteiger partial charge in [0, 0.05) is 39.4 Å². The highest BCUT2D eigenvalue weighted by Gasteiger charge is 2.40. The Labute approximate surface area is 373 Å². The highest BCUT2D eigenvalue weighted by atomic mass is 15.1. The van der Waals surface area contributed by atoms with Crippen LogP contribution in [0.1, 0.15) is 30.5 Å². The van der Waals surface area contributed by atoms with Crippen molar-refractivity contribution in [2.75, 3.05) is 4.90 Å². The van der Waals surface area contributed by atoms with Crippen molar-refractivity contribution < 1.29 is 0 Å². The Balaban J connectivity index is 0.913. The van der Waals surface area contributed by atoms with Crippen LogP contribution in [0.2, 0.25) is 0 Å². The third-order valence-electron chi connectivity index (χ3n) is 13.1. The summed E-state index contributed by atoms with van der Waals surface area (Å²) in [6, 6.07) is 73.3. The quantitative estimate of drug-likeness (QED) is 0.161. The fourth-order valence-electron chi connectivity index (χ4n) is 9.79. The largest absolute Gasteiger partial charge is 0.316 e. The van der Waals surface area contributed by atoms with E-state index < -0.39 is 0 Å². The first-order valence-corrected chi connectivity index (χ1v) is 21.9. The van der Waals surface area contributed by atoms with Crippen LogP contribution in [0, 0.1) is 0 Å². The molecule has 1 aliphatic heterocycles. The Bertz CT molecular complexity index is 3310. The van der Waals surface area contributed by atoms with Crippen molar-refractivity contribution in [1.29, 1.82) is 0 Å².